The summed E-state index contributed by atoms with van der Waals surface area (Å²) in [5, 5.41) is 13.0. The summed E-state index contributed by atoms with van der Waals surface area (Å²) in [6, 6.07) is 4.30. The summed E-state index contributed by atoms with van der Waals surface area (Å²) in [5.74, 6) is 0. The van der Waals surface area contributed by atoms with E-state index in [9.17, 15) is 5.11 Å². The van der Waals surface area contributed by atoms with Crippen molar-refractivity contribution < 1.29 is 5.11 Å². The molecule has 0 amide bonds. The first-order valence-electron chi connectivity index (χ1n) is 5.64. The molecule has 0 aromatic carbocycles. The summed E-state index contributed by atoms with van der Waals surface area (Å²) < 4.78 is 0. The quantitative estimate of drug-likeness (QED) is 0.869. The number of thioether (sulfide) groups is 1. The number of hydrogen-bond donors (Lipinski definition) is 1. The van der Waals surface area contributed by atoms with Gasteiger partial charge in [-0.2, -0.15) is 0 Å². The van der Waals surface area contributed by atoms with Crippen LogP contribution in [0.25, 0.3) is 0 Å². The Morgan fingerprint density at radius 2 is 2.27 bits per heavy atom. The number of aliphatic hydroxyl groups is 1. The first kappa shape index (κ1) is 11.5. The van der Waals surface area contributed by atoms with Gasteiger partial charge in [0.25, 0.3) is 0 Å². The molecule has 0 bridgehead atoms. The molecule has 1 aliphatic rings. The molecule has 1 fully saturated rings. The van der Waals surface area contributed by atoms with Crippen molar-refractivity contribution in [1.29, 1.82) is 0 Å². The van der Waals surface area contributed by atoms with E-state index < -0.39 is 0 Å². The highest BCUT2D eigenvalue weighted by Gasteiger charge is 2.25. The van der Waals surface area contributed by atoms with Gasteiger partial charge in [0.2, 0.25) is 0 Å². The predicted octanol–water partition coefficient (Wildman–Crippen LogP) is 3.85. The van der Waals surface area contributed by atoms with Crippen molar-refractivity contribution in [3.63, 3.8) is 0 Å². The summed E-state index contributed by atoms with van der Waals surface area (Å²) in [5.41, 5.74) is 0. The monoisotopic (exact) mass is 242 g/mol. The molecule has 3 unspecified atom stereocenters. The van der Waals surface area contributed by atoms with Crippen LogP contribution in [-0.2, 0) is 0 Å². The van der Waals surface area contributed by atoms with Gasteiger partial charge in [-0.05, 0) is 31.2 Å². The van der Waals surface area contributed by atoms with Gasteiger partial charge in [0, 0.05) is 15.4 Å². The van der Waals surface area contributed by atoms with Gasteiger partial charge in [0.15, 0.2) is 0 Å². The number of aliphatic hydroxyl groups excluding tert-OH is 1. The van der Waals surface area contributed by atoms with E-state index in [-0.39, 0.29) is 6.10 Å². The van der Waals surface area contributed by atoms with Crippen molar-refractivity contribution in [3.8, 4) is 0 Å². The molecular formula is C12H18OS2. The molecule has 2 rings (SSSR count). The maximum absolute atomic E-state index is 9.90. The lowest BCUT2D eigenvalue weighted by Crippen LogP contribution is -2.27. The Balaban J connectivity index is 1.90. The van der Waals surface area contributed by atoms with Crippen LogP contribution in [0.1, 0.15) is 42.7 Å². The molecule has 1 aromatic rings. The van der Waals surface area contributed by atoms with Crippen molar-refractivity contribution in [2.75, 3.05) is 0 Å². The average Bonchev–Trinajstić information content (AvgIpc) is 2.74. The topological polar surface area (TPSA) is 20.2 Å². The number of thiophene rings is 1. The summed E-state index contributed by atoms with van der Waals surface area (Å²) >= 11 is 3.77. The molecule has 1 aliphatic carbocycles. The van der Waals surface area contributed by atoms with Gasteiger partial charge in [-0.15, -0.1) is 23.1 Å². The van der Waals surface area contributed by atoms with Gasteiger partial charge in [-0.3, -0.25) is 0 Å². The summed E-state index contributed by atoms with van der Waals surface area (Å²) in [4.78, 5) is 1.43. The average molecular weight is 242 g/mol. The van der Waals surface area contributed by atoms with Gasteiger partial charge in [0.05, 0.1) is 6.10 Å². The zero-order chi connectivity index (χ0) is 10.7. The maximum Gasteiger partial charge on any atom is 0.0659 e. The minimum atomic E-state index is -0.0776. The lowest BCUT2D eigenvalue weighted by Gasteiger charge is -2.29. The lowest BCUT2D eigenvalue weighted by molar-refractivity contribution is 0.137. The van der Waals surface area contributed by atoms with Crippen LogP contribution in [0.15, 0.2) is 17.5 Å². The molecule has 0 aliphatic heterocycles. The van der Waals surface area contributed by atoms with Crippen molar-refractivity contribution in [2.24, 2.45) is 0 Å². The molecule has 0 saturated heterocycles. The van der Waals surface area contributed by atoms with E-state index >= 15 is 0 Å². The molecule has 0 radical (unpaired) electrons. The van der Waals surface area contributed by atoms with Gasteiger partial charge in [-0.1, -0.05) is 18.9 Å². The van der Waals surface area contributed by atoms with Crippen LogP contribution >= 0.6 is 23.1 Å². The Kier molecular flexibility index (Phi) is 4.12. The third-order valence-electron chi connectivity index (χ3n) is 2.99. The van der Waals surface area contributed by atoms with Gasteiger partial charge >= 0.3 is 0 Å². The first-order valence-corrected chi connectivity index (χ1v) is 7.46. The fraction of sp³-hybridized carbons (Fsp3) is 0.667. The van der Waals surface area contributed by atoms with Crippen molar-refractivity contribution in [2.45, 2.75) is 49.2 Å². The first-order chi connectivity index (χ1) is 7.27. The number of rotatable bonds is 3. The highest BCUT2D eigenvalue weighted by Crippen LogP contribution is 2.39. The minimum Gasteiger partial charge on any atom is -0.392 e. The predicted molar refractivity (Wildman–Crippen MR) is 68.6 cm³/mol. The van der Waals surface area contributed by atoms with Crippen LogP contribution in [-0.4, -0.2) is 16.5 Å². The molecule has 3 heteroatoms. The molecule has 84 valence electrons. The fourth-order valence-corrected chi connectivity index (χ4v) is 4.44. The Morgan fingerprint density at radius 3 is 2.93 bits per heavy atom. The second-order valence-electron chi connectivity index (χ2n) is 4.18. The highest BCUT2D eigenvalue weighted by atomic mass is 32.2. The molecule has 3 atom stereocenters. The van der Waals surface area contributed by atoms with Gasteiger partial charge in [0.1, 0.15) is 0 Å². The summed E-state index contributed by atoms with van der Waals surface area (Å²) in [7, 11) is 0. The molecule has 0 spiro atoms. The molecule has 1 aromatic heterocycles. The molecule has 1 saturated carbocycles. The highest BCUT2D eigenvalue weighted by molar-refractivity contribution is 8.00. The zero-order valence-corrected chi connectivity index (χ0v) is 10.7. The maximum atomic E-state index is 9.90. The van der Waals surface area contributed by atoms with Crippen molar-refractivity contribution in [3.05, 3.63) is 22.4 Å². The second kappa shape index (κ2) is 5.37. The van der Waals surface area contributed by atoms with E-state index in [0.29, 0.717) is 10.5 Å². The van der Waals surface area contributed by atoms with Crippen LogP contribution in [0.2, 0.25) is 0 Å². The third-order valence-corrected chi connectivity index (χ3v) is 5.76. The van der Waals surface area contributed by atoms with E-state index in [1.807, 2.05) is 23.1 Å². The molecule has 1 N–H and O–H groups in total. The van der Waals surface area contributed by atoms with E-state index in [0.717, 1.165) is 6.42 Å². The van der Waals surface area contributed by atoms with Crippen LogP contribution in [0.3, 0.4) is 0 Å². The Bertz CT molecular complexity index is 284. The van der Waals surface area contributed by atoms with E-state index in [4.69, 9.17) is 0 Å². The summed E-state index contributed by atoms with van der Waals surface area (Å²) in [6.45, 7) is 2.25. The smallest absolute Gasteiger partial charge is 0.0659 e. The van der Waals surface area contributed by atoms with E-state index in [2.05, 4.69) is 24.4 Å². The molecule has 1 nitrogen and oxygen atoms in total. The summed E-state index contributed by atoms with van der Waals surface area (Å²) in [6.07, 6.45) is 4.58. The largest absolute Gasteiger partial charge is 0.392 e. The van der Waals surface area contributed by atoms with Gasteiger partial charge in [-0.25, -0.2) is 0 Å². The molecular weight excluding hydrogens is 224 g/mol. The van der Waals surface area contributed by atoms with Crippen LogP contribution in [0, 0.1) is 0 Å². The molecule has 1 heterocycles. The Morgan fingerprint density at radius 1 is 1.47 bits per heavy atom. The van der Waals surface area contributed by atoms with Crippen LogP contribution in [0.5, 0.6) is 0 Å². The second-order valence-corrected chi connectivity index (χ2v) is 6.75. The van der Waals surface area contributed by atoms with Gasteiger partial charge < -0.3 is 5.11 Å². The lowest BCUT2D eigenvalue weighted by atomic mass is 9.97. The van der Waals surface area contributed by atoms with Crippen molar-refractivity contribution >= 4 is 23.1 Å². The van der Waals surface area contributed by atoms with E-state index in [1.165, 1.54) is 24.1 Å². The standard InChI is InChI=1S/C12H18OS2/c1-9(11-7-4-8-14-11)15-12-6-3-2-5-10(12)13/h4,7-10,12-13H,2-3,5-6H2,1H3. The fourth-order valence-electron chi connectivity index (χ4n) is 2.09. The SMILES string of the molecule is CC(SC1CCCCC1O)c1cccs1. The Hall–Kier alpha value is 0.01000. The third kappa shape index (κ3) is 2.99. The van der Waals surface area contributed by atoms with E-state index in [1.54, 1.807) is 0 Å². The van der Waals surface area contributed by atoms with Crippen LogP contribution < -0.4 is 0 Å². The normalized spacial score (nSPS) is 28.9. The van der Waals surface area contributed by atoms with Crippen molar-refractivity contribution in [1.82, 2.24) is 0 Å². The number of hydrogen-bond acceptors (Lipinski definition) is 3. The van der Waals surface area contributed by atoms with Crippen LogP contribution in [0.4, 0.5) is 0 Å². The molecule has 15 heavy (non-hydrogen) atoms. The Labute approximate surface area is 99.9 Å². The zero-order valence-electron chi connectivity index (χ0n) is 9.06. The minimum absolute atomic E-state index is 0.0776.